The van der Waals surface area contributed by atoms with E-state index in [0.29, 0.717) is 6.04 Å². The molecule has 0 aliphatic rings. The van der Waals surface area contributed by atoms with Gasteiger partial charge in [0, 0.05) is 6.04 Å². The average Bonchev–Trinajstić information content (AvgIpc) is 2.43. The van der Waals surface area contributed by atoms with Crippen molar-refractivity contribution in [3.05, 3.63) is 29.3 Å². The van der Waals surface area contributed by atoms with Crippen LogP contribution in [0.3, 0.4) is 0 Å². The molecule has 0 spiro atoms. The molecule has 1 aromatic rings. The molecule has 1 N–H and O–H groups in total. The van der Waals surface area contributed by atoms with Crippen LogP contribution in [0.25, 0.3) is 0 Å². The van der Waals surface area contributed by atoms with Gasteiger partial charge in [0.25, 0.3) is 0 Å². The van der Waals surface area contributed by atoms with E-state index in [1.165, 1.54) is 30.4 Å². The Morgan fingerprint density at radius 1 is 1.26 bits per heavy atom. The number of hydrogen-bond donors (Lipinski definition) is 1. The second-order valence-corrected chi connectivity index (χ2v) is 5.48. The summed E-state index contributed by atoms with van der Waals surface area (Å²) in [5.41, 5.74) is 2.73. The number of aryl methyl sites for hydroxylation is 1. The van der Waals surface area contributed by atoms with Crippen LogP contribution in [0.4, 0.5) is 0 Å². The Balaban J connectivity index is 2.89. The van der Waals surface area contributed by atoms with Crippen molar-refractivity contribution in [1.29, 1.82) is 0 Å². The minimum atomic E-state index is 0.459. The van der Waals surface area contributed by atoms with Gasteiger partial charge in [0.1, 0.15) is 5.75 Å². The fraction of sp³-hybridized carbons (Fsp3) is 0.647. The van der Waals surface area contributed by atoms with E-state index in [0.717, 1.165) is 18.2 Å². The van der Waals surface area contributed by atoms with Crippen molar-refractivity contribution in [2.75, 3.05) is 13.7 Å². The summed E-state index contributed by atoms with van der Waals surface area (Å²) >= 11 is 0. The Morgan fingerprint density at radius 2 is 2.00 bits per heavy atom. The maximum Gasteiger partial charge on any atom is 0.119 e. The molecule has 2 atom stereocenters. The van der Waals surface area contributed by atoms with Gasteiger partial charge in [-0.25, -0.2) is 0 Å². The Hall–Kier alpha value is -1.02. The number of hydrogen-bond acceptors (Lipinski definition) is 2. The van der Waals surface area contributed by atoms with Gasteiger partial charge in [-0.1, -0.05) is 33.3 Å². The molecular weight excluding hydrogens is 234 g/mol. The third kappa shape index (κ3) is 4.87. The van der Waals surface area contributed by atoms with Gasteiger partial charge in [-0.2, -0.15) is 0 Å². The highest BCUT2D eigenvalue weighted by Gasteiger charge is 2.16. The first-order valence-corrected chi connectivity index (χ1v) is 7.50. The van der Waals surface area contributed by atoms with Gasteiger partial charge in [-0.3, -0.25) is 0 Å². The van der Waals surface area contributed by atoms with Gasteiger partial charge in [-0.05, 0) is 55.5 Å². The topological polar surface area (TPSA) is 21.3 Å². The predicted molar refractivity (Wildman–Crippen MR) is 82.8 cm³/mol. The predicted octanol–water partition coefficient (Wildman–Crippen LogP) is 4.48. The molecule has 0 aliphatic heterocycles. The van der Waals surface area contributed by atoms with Crippen molar-refractivity contribution < 1.29 is 4.74 Å². The van der Waals surface area contributed by atoms with E-state index in [1.807, 2.05) is 0 Å². The Labute approximate surface area is 118 Å². The quantitative estimate of drug-likeness (QED) is 0.746. The van der Waals surface area contributed by atoms with E-state index < -0.39 is 0 Å². The molecule has 0 saturated heterocycles. The van der Waals surface area contributed by atoms with Crippen LogP contribution in [0.15, 0.2) is 18.2 Å². The first-order valence-electron chi connectivity index (χ1n) is 7.50. The summed E-state index contributed by atoms with van der Waals surface area (Å²) in [5, 5.41) is 3.69. The zero-order valence-corrected chi connectivity index (χ0v) is 13.1. The van der Waals surface area contributed by atoms with Gasteiger partial charge in [-0.15, -0.1) is 0 Å². The Kier molecular flexibility index (Phi) is 6.93. The van der Waals surface area contributed by atoms with Crippen molar-refractivity contribution >= 4 is 0 Å². The van der Waals surface area contributed by atoms with Crippen LogP contribution < -0.4 is 10.1 Å². The molecule has 1 rings (SSSR count). The maximum atomic E-state index is 5.29. The summed E-state index contributed by atoms with van der Waals surface area (Å²) in [7, 11) is 1.72. The van der Waals surface area contributed by atoms with Gasteiger partial charge < -0.3 is 10.1 Å². The SMILES string of the molecule is CCCNC(CC(C)CC)c1ccc(OC)cc1C. The third-order valence-electron chi connectivity index (χ3n) is 3.83. The molecule has 1 aromatic carbocycles. The first-order chi connectivity index (χ1) is 9.12. The molecule has 0 amide bonds. The van der Waals surface area contributed by atoms with Gasteiger partial charge >= 0.3 is 0 Å². The lowest BCUT2D eigenvalue weighted by atomic mass is 9.91. The van der Waals surface area contributed by atoms with Crippen molar-refractivity contribution in [3.8, 4) is 5.75 Å². The monoisotopic (exact) mass is 263 g/mol. The molecular formula is C17H29NO. The molecule has 2 unspecified atom stereocenters. The summed E-state index contributed by atoms with van der Waals surface area (Å²) in [6.45, 7) is 10.1. The Morgan fingerprint density at radius 3 is 2.53 bits per heavy atom. The van der Waals surface area contributed by atoms with Crippen LogP contribution in [-0.4, -0.2) is 13.7 Å². The normalized spacial score (nSPS) is 14.2. The molecule has 2 nitrogen and oxygen atoms in total. The van der Waals surface area contributed by atoms with Crippen LogP contribution in [0, 0.1) is 12.8 Å². The number of nitrogens with one attached hydrogen (secondary N) is 1. The highest BCUT2D eigenvalue weighted by atomic mass is 16.5. The summed E-state index contributed by atoms with van der Waals surface area (Å²) in [6, 6.07) is 6.87. The van der Waals surface area contributed by atoms with Gasteiger partial charge in [0.15, 0.2) is 0 Å². The van der Waals surface area contributed by atoms with E-state index in [-0.39, 0.29) is 0 Å². The van der Waals surface area contributed by atoms with Crippen molar-refractivity contribution in [1.82, 2.24) is 5.32 Å². The van der Waals surface area contributed by atoms with Crippen LogP contribution in [0.1, 0.15) is 57.2 Å². The molecule has 0 fully saturated rings. The Bertz CT molecular complexity index is 376. The fourth-order valence-corrected chi connectivity index (χ4v) is 2.37. The number of methoxy groups -OCH3 is 1. The molecule has 0 radical (unpaired) electrons. The number of ether oxygens (including phenoxy) is 1. The summed E-state index contributed by atoms with van der Waals surface area (Å²) in [6.07, 6.45) is 3.61. The van der Waals surface area contributed by atoms with Crippen LogP contribution >= 0.6 is 0 Å². The van der Waals surface area contributed by atoms with Crippen molar-refractivity contribution in [2.24, 2.45) is 5.92 Å². The van der Waals surface area contributed by atoms with Crippen LogP contribution in [-0.2, 0) is 0 Å². The van der Waals surface area contributed by atoms with Crippen molar-refractivity contribution in [2.45, 2.75) is 53.0 Å². The smallest absolute Gasteiger partial charge is 0.119 e. The second-order valence-electron chi connectivity index (χ2n) is 5.48. The van der Waals surface area contributed by atoms with Gasteiger partial charge in [0.05, 0.1) is 7.11 Å². The van der Waals surface area contributed by atoms with E-state index in [9.17, 15) is 0 Å². The number of benzene rings is 1. The van der Waals surface area contributed by atoms with E-state index in [4.69, 9.17) is 4.74 Å². The molecule has 108 valence electrons. The molecule has 2 heteroatoms. The molecule has 0 aromatic heterocycles. The summed E-state index contributed by atoms with van der Waals surface area (Å²) in [5.74, 6) is 1.69. The molecule has 0 bridgehead atoms. The molecule has 0 heterocycles. The minimum Gasteiger partial charge on any atom is -0.497 e. The number of rotatable bonds is 8. The van der Waals surface area contributed by atoms with E-state index in [2.05, 4.69) is 51.2 Å². The summed E-state index contributed by atoms with van der Waals surface area (Å²) < 4.78 is 5.29. The van der Waals surface area contributed by atoms with E-state index >= 15 is 0 Å². The third-order valence-corrected chi connectivity index (χ3v) is 3.83. The van der Waals surface area contributed by atoms with E-state index in [1.54, 1.807) is 7.11 Å². The lowest BCUT2D eigenvalue weighted by molar-refractivity contribution is 0.398. The van der Waals surface area contributed by atoms with Gasteiger partial charge in [0.2, 0.25) is 0 Å². The highest BCUT2D eigenvalue weighted by Crippen LogP contribution is 2.28. The summed E-state index contributed by atoms with van der Waals surface area (Å²) in [4.78, 5) is 0. The zero-order chi connectivity index (χ0) is 14.3. The lowest BCUT2D eigenvalue weighted by Crippen LogP contribution is -2.24. The standard InChI is InChI=1S/C17H29NO/c1-6-10-18-17(11-13(3)7-2)16-9-8-15(19-5)12-14(16)4/h8-9,12-13,17-18H,6-7,10-11H2,1-5H3. The second kappa shape index (κ2) is 8.21. The molecule has 0 aliphatic carbocycles. The van der Waals surface area contributed by atoms with Crippen LogP contribution in [0.2, 0.25) is 0 Å². The molecule has 0 saturated carbocycles. The highest BCUT2D eigenvalue weighted by molar-refractivity contribution is 5.36. The minimum absolute atomic E-state index is 0.459. The molecule has 19 heavy (non-hydrogen) atoms. The fourth-order valence-electron chi connectivity index (χ4n) is 2.37. The first kappa shape index (κ1) is 16.0. The van der Waals surface area contributed by atoms with Crippen molar-refractivity contribution in [3.63, 3.8) is 0 Å². The average molecular weight is 263 g/mol. The zero-order valence-electron chi connectivity index (χ0n) is 13.1. The lowest BCUT2D eigenvalue weighted by Gasteiger charge is -2.24. The maximum absolute atomic E-state index is 5.29. The van der Waals surface area contributed by atoms with Crippen LogP contribution in [0.5, 0.6) is 5.75 Å². The largest absolute Gasteiger partial charge is 0.497 e.